The molecule has 0 aliphatic carbocycles. The van der Waals surface area contributed by atoms with Gasteiger partial charge in [-0.3, -0.25) is 0 Å². The van der Waals surface area contributed by atoms with Gasteiger partial charge in [-0.25, -0.2) is 4.39 Å². The van der Waals surface area contributed by atoms with E-state index in [0.717, 1.165) is 11.1 Å². The first kappa shape index (κ1) is 15.7. The number of hydrogen-bond acceptors (Lipinski definition) is 1. The highest BCUT2D eigenvalue weighted by atomic mass is 35.5. The molecule has 2 aromatic carbocycles. The largest absolute Gasteiger partial charge is 0.326 e. The van der Waals surface area contributed by atoms with Crippen LogP contribution >= 0.6 is 12.4 Å². The van der Waals surface area contributed by atoms with E-state index in [2.05, 4.69) is 26.0 Å². The van der Waals surface area contributed by atoms with E-state index in [4.69, 9.17) is 5.73 Å². The van der Waals surface area contributed by atoms with E-state index in [1.807, 2.05) is 18.2 Å². The van der Waals surface area contributed by atoms with Gasteiger partial charge in [-0.1, -0.05) is 50.2 Å². The molecule has 0 bridgehead atoms. The van der Waals surface area contributed by atoms with E-state index >= 15 is 0 Å². The van der Waals surface area contributed by atoms with E-state index in [1.54, 1.807) is 12.1 Å². The van der Waals surface area contributed by atoms with Crippen molar-refractivity contribution in [1.82, 2.24) is 0 Å². The Morgan fingerprint density at radius 1 is 1.05 bits per heavy atom. The summed E-state index contributed by atoms with van der Waals surface area (Å²) in [5.74, 6) is 0.239. The molecule has 0 saturated heterocycles. The van der Waals surface area contributed by atoms with Crippen LogP contribution in [0.4, 0.5) is 4.39 Å². The molecular weight excluding hydrogens is 261 g/mol. The molecule has 0 fully saturated rings. The summed E-state index contributed by atoms with van der Waals surface area (Å²) < 4.78 is 13.7. The summed E-state index contributed by atoms with van der Waals surface area (Å²) in [6.45, 7) is 4.53. The van der Waals surface area contributed by atoms with Crippen LogP contribution in [-0.2, 0) is 6.54 Å². The molecule has 19 heavy (non-hydrogen) atoms. The number of rotatable bonds is 3. The van der Waals surface area contributed by atoms with Crippen LogP contribution in [0, 0.1) is 5.82 Å². The lowest BCUT2D eigenvalue weighted by atomic mass is 9.97. The maximum Gasteiger partial charge on any atom is 0.128 e. The SMILES string of the molecule is CC(C)c1cccc(-c2ccc(CN)c(F)c2)c1.Cl. The molecule has 0 aliphatic heterocycles. The highest BCUT2D eigenvalue weighted by Gasteiger charge is 2.05. The highest BCUT2D eigenvalue weighted by Crippen LogP contribution is 2.25. The van der Waals surface area contributed by atoms with Gasteiger partial charge in [-0.15, -0.1) is 12.4 Å². The Kier molecular flexibility index (Phi) is 5.52. The fraction of sp³-hybridized carbons (Fsp3) is 0.250. The Hall–Kier alpha value is -1.38. The van der Waals surface area contributed by atoms with Crippen LogP contribution in [-0.4, -0.2) is 0 Å². The van der Waals surface area contributed by atoms with Crippen molar-refractivity contribution in [2.75, 3.05) is 0 Å². The van der Waals surface area contributed by atoms with Gasteiger partial charge in [0.25, 0.3) is 0 Å². The topological polar surface area (TPSA) is 26.0 Å². The first-order valence-corrected chi connectivity index (χ1v) is 6.20. The molecule has 102 valence electrons. The molecular formula is C16H19ClFN. The number of hydrogen-bond donors (Lipinski definition) is 1. The van der Waals surface area contributed by atoms with Gasteiger partial charge < -0.3 is 5.73 Å². The van der Waals surface area contributed by atoms with Crippen molar-refractivity contribution in [1.29, 1.82) is 0 Å². The quantitative estimate of drug-likeness (QED) is 0.880. The zero-order chi connectivity index (χ0) is 13.1. The van der Waals surface area contributed by atoms with Crippen LogP contribution < -0.4 is 5.73 Å². The summed E-state index contributed by atoms with van der Waals surface area (Å²) in [6.07, 6.45) is 0. The Bertz CT molecular complexity index is 552. The molecule has 0 radical (unpaired) electrons. The van der Waals surface area contributed by atoms with Crippen LogP contribution in [0.5, 0.6) is 0 Å². The second-order valence-electron chi connectivity index (χ2n) is 4.79. The van der Waals surface area contributed by atoms with Crippen LogP contribution in [0.15, 0.2) is 42.5 Å². The van der Waals surface area contributed by atoms with Gasteiger partial charge in [0.2, 0.25) is 0 Å². The molecule has 3 heteroatoms. The molecule has 0 spiro atoms. The first-order chi connectivity index (χ1) is 8.61. The van der Waals surface area contributed by atoms with Crippen LogP contribution in [0.25, 0.3) is 11.1 Å². The molecule has 0 unspecified atom stereocenters. The third-order valence-corrected chi connectivity index (χ3v) is 3.16. The third kappa shape index (κ3) is 3.55. The van der Waals surface area contributed by atoms with E-state index in [0.29, 0.717) is 11.5 Å². The number of benzene rings is 2. The minimum atomic E-state index is -0.232. The normalized spacial score (nSPS) is 10.4. The smallest absolute Gasteiger partial charge is 0.128 e. The van der Waals surface area contributed by atoms with Gasteiger partial charge >= 0.3 is 0 Å². The molecule has 0 saturated carbocycles. The van der Waals surface area contributed by atoms with Gasteiger partial charge in [0.1, 0.15) is 5.82 Å². The molecule has 0 aromatic heterocycles. The molecule has 2 N–H and O–H groups in total. The summed E-state index contributed by atoms with van der Waals surface area (Å²) in [4.78, 5) is 0. The molecule has 2 aromatic rings. The van der Waals surface area contributed by atoms with E-state index in [-0.39, 0.29) is 24.8 Å². The van der Waals surface area contributed by atoms with Crippen molar-refractivity contribution in [2.45, 2.75) is 26.3 Å². The van der Waals surface area contributed by atoms with E-state index < -0.39 is 0 Å². The van der Waals surface area contributed by atoms with Crippen molar-refractivity contribution in [2.24, 2.45) is 5.73 Å². The molecule has 1 nitrogen and oxygen atoms in total. The summed E-state index contributed by atoms with van der Waals surface area (Å²) in [6, 6.07) is 13.5. The van der Waals surface area contributed by atoms with E-state index in [1.165, 1.54) is 5.56 Å². The fourth-order valence-corrected chi connectivity index (χ4v) is 1.97. The summed E-state index contributed by atoms with van der Waals surface area (Å²) >= 11 is 0. The molecule has 0 heterocycles. The third-order valence-electron chi connectivity index (χ3n) is 3.16. The Morgan fingerprint density at radius 2 is 1.74 bits per heavy atom. The average Bonchev–Trinajstić information content (AvgIpc) is 2.38. The van der Waals surface area contributed by atoms with Gasteiger partial charge in [0.05, 0.1) is 0 Å². The van der Waals surface area contributed by atoms with E-state index in [9.17, 15) is 4.39 Å². The Labute approximate surface area is 120 Å². The second kappa shape index (κ2) is 6.69. The van der Waals surface area contributed by atoms with Crippen molar-refractivity contribution in [3.05, 3.63) is 59.4 Å². The molecule has 0 aliphatic rings. The standard InChI is InChI=1S/C16H18FN.ClH/c1-11(2)12-4-3-5-13(8-12)14-6-7-15(10-18)16(17)9-14;/h3-9,11H,10,18H2,1-2H3;1H. The molecule has 0 atom stereocenters. The van der Waals surface area contributed by atoms with Gasteiger partial charge in [0.15, 0.2) is 0 Å². The number of halogens is 2. The molecule has 2 rings (SSSR count). The number of nitrogens with two attached hydrogens (primary N) is 1. The van der Waals surface area contributed by atoms with Crippen molar-refractivity contribution in [3.63, 3.8) is 0 Å². The summed E-state index contributed by atoms with van der Waals surface area (Å²) in [5, 5.41) is 0. The second-order valence-corrected chi connectivity index (χ2v) is 4.79. The van der Waals surface area contributed by atoms with Crippen molar-refractivity contribution in [3.8, 4) is 11.1 Å². The van der Waals surface area contributed by atoms with Gasteiger partial charge in [0, 0.05) is 12.1 Å². The summed E-state index contributed by atoms with van der Waals surface area (Å²) in [5.41, 5.74) is 9.22. The lowest BCUT2D eigenvalue weighted by Crippen LogP contribution is -1.99. The average molecular weight is 280 g/mol. The molecule has 0 amide bonds. The van der Waals surface area contributed by atoms with Crippen LogP contribution in [0.2, 0.25) is 0 Å². The zero-order valence-corrected chi connectivity index (χ0v) is 12.0. The fourth-order valence-electron chi connectivity index (χ4n) is 1.97. The van der Waals surface area contributed by atoms with Crippen LogP contribution in [0.3, 0.4) is 0 Å². The minimum Gasteiger partial charge on any atom is -0.326 e. The van der Waals surface area contributed by atoms with Crippen molar-refractivity contribution < 1.29 is 4.39 Å². The highest BCUT2D eigenvalue weighted by molar-refractivity contribution is 5.85. The van der Waals surface area contributed by atoms with Gasteiger partial charge in [-0.2, -0.15) is 0 Å². The maximum atomic E-state index is 13.7. The monoisotopic (exact) mass is 279 g/mol. The minimum absolute atomic E-state index is 0. The summed E-state index contributed by atoms with van der Waals surface area (Å²) in [7, 11) is 0. The Morgan fingerprint density at radius 3 is 2.32 bits per heavy atom. The lowest BCUT2D eigenvalue weighted by molar-refractivity contribution is 0.611. The predicted octanol–water partition coefficient (Wildman–Crippen LogP) is 4.50. The first-order valence-electron chi connectivity index (χ1n) is 6.20. The maximum absolute atomic E-state index is 13.7. The lowest BCUT2D eigenvalue weighted by Gasteiger charge is -2.09. The van der Waals surface area contributed by atoms with Gasteiger partial charge in [-0.05, 0) is 28.7 Å². The zero-order valence-electron chi connectivity index (χ0n) is 11.2. The van der Waals surface area contributed by atoms with Crippen LogP contribution in [0.1, 0.15) is 30.9 Å². The Balaban J connectivity index is 0.00000180. The van der Waals surface area contributed by atoms with Crippen molar-refractivity contribution >= 4 is 12.4 Å². The predicted molar refractivity (Wildman–Crippen MR) is 81.1 cm³/mol.